The molecule has 0 aliphatic carbocycles. The number of nitro groups is 1. The summed E-state index contributed by atoms with van der Waals surface area (Å²) in [6.45, 7) is 0.200. The van der Waals surface area contributed by atoms with Gasteiger partial charge in [0.15, 0.2) is 5.16 Å². The zero-order valence-electron chi connectivity index (χ0n) is 14.9. The van der Waals surface area contributed by atoms with Crippen LogP contribution in [0.25, 0.3) is 11.3 Å². The van der Waals surface area contributed by atoms with E-state index in [2.05, 4.69) is 15.1 Å². The molecule has 2 aromatic heterocycles. The Labute approximate surface area is 162 Å². The molecular weight excluding hydrogens is 384 g/mol. The van der Waals surface area contributed by atoms with Gasteiger partial charge in [-0.1, -0.05) is 11.8 Å². The molecule has 11 heteroatoms. The Morgan fingerprint density at radius 1 is 1.43 bits per heavy atom. The Balaban J connectivity index is 2.09. The van der Waals surface area contributed by atoms with Gasteiger partial charge in [0, 0.05) is 11.1 Å². The largest absolute Gasteiger partial charge is 0.496 e. The first kappa shape index (κ1) is 19.1. The fourth-order valence-corrected chi connectivity index (χ4v) is 3.00. The minimum atomic E-state index is -0.576. The van der Waals surface area contributed by atoms with Gasteiger partial charge in [-0.3, -0.25) is 4.79 Å². The van der Waals surface area contributed by atoms with Crippen molar-refractivity contribution in [1.82, 2.24) is 19.7 Å². The number of thioether (sulfide) groups is 1. The highest BCUT2D eigenvalue weighted by Crippen LogP contribution is 2.28. The van der Waals surface area contributed by atoms with Gasteiger partial charge in [0.05, 0.1) is 36.7 Å². The summed E-state index contributed by atoms with van der Waals surface area (Å²) in [4.78, 5) is 29.3. The van der Waals surface area contributed by atoms with Crippen molar-refractivity contribution in [3.8, 4) is 23.1 Å². The van der Waals surface area contributed by atoms with E-state index >= 15 is 0 Å². The van der Waals surface area contributed by atoms with E-state index in [1.165, 1.54) is 35.8 Å². The number of hydrogen-bond donors (Lipinski definition) is 1. The second kappa shape index (κ2) is 7.93. The van der Waals surface area contributed by atoms with Crippen molar-refractivity contribution in [1.29, 1.82) is 5.26 Å². The lowest BCUT2D eigenvalue weighted by Gasteiger charge is -2.11. The summed E-state index contributed by atoms with van der Waals surface area (Å²) < 4.78 is 6.76. The summed E-state index contributed by atoms with van der Waals surface area (Å²) in [5.41, 5.74) is 0.858. The minimum absolute atomic E-state index is 0.0938. The molecule has 0 fully saturated rings. The van der Waals surface area contributed by atoms with Crippen molar-refractivity contribution >= 4 is 17.6 Å². The molecule has 2 heterocycles. The van der Waals surface area contributed by atoms with Crippen LogP contribution in [0, 0.1) is 21.4 Å². The van der Waals surface area contributed by atoms with Crippen LogP contribution < -0.4 is 10.3 Å². The normalized spacial score (nSPS) is 10.5. The number of methoxy groups -OCH3 is 1. The lowest BCUT2D eigenvalue weighted by atomic mass is 10.0. The highest BCUT2D eigenvalue weighted by Gasteiger charge is 2.17. The Kier molecular flexibility index (Phi) is 5.42. The number of nitrogens with zero attached hydrogens (tertiary/aromatic N) is 5. The minimum Gasteiger partial charge on any atom is -0.496 e. The lowest BCUT2D eigenvalue weighted by Crippen LogP contribution is -2.14. The van der Waals surface area contributed by atoms with Crippen molar-refractivity contribution in [2.45, 2.75) is 11.7 Å². The number of rotatable bonds is 6. The van der Waals surface area contributed by atoms with Gasteiger partial charge >= 0.3 is 5.82 Å². The average Bonchev–Trinajstić information content (AvgIpc) is 3.16. The Hall–Kier alpha value is -3.65. The maximum Gasteiger partial charge on any atom is 0.389 e. The summed E-state index contributed by atoms with van der Waals surface area (Å²) in [6, 6.07) is 8.29. The maximum absolute atomic E-state index is 12.2. The van der Waals surface area contributed by atoms with Crippen molar-refractivity contribution in [3.63, 3.8) is 0 Å². The van der Waals surface area contributed by atoms with Crippen molar-refractivity contribution in [3.05, 3.63) is 62.1 Å². The molecule has 0 atom stereocenters. The molecule has 0 saturated carbocycles. The molecule has 1 N–H and O–H groups in total. The molecule has 3 rings (SSSR count). The third-order valence-electron chi connectivity index (χ3n) is 3.90. The van der Waals surface area contributed by atoms with E-state index in [4.69, 9.17) is 4.74 Å². The van der Waals surface area contributed by atoms with Gasteiger partial charge in [-0.25, -0.2) is 4.98 Å². The van der Waals surface area contributed by atoms with Gasteiger partial charge < -0.3 is 19.8 Å². The van der Waals surface area contributed by atoms with Crippen molar-refractivity contribution in [2.75, 3.05) is 13.4 Å². The molecule has 0 radical (unpaired) electrons. The second-order valence-electron chi connectivity index (χ2n) is 5.57. The summed E-state index contributed by atoms with van der Waals surface area (Å²) in [5, 5.41) is 24.5. The first-order valence-corrected chi connectivity index (χ1v) is 9.12. The predicted molar refractivity (Wildman–Crippen MR) is 101 cm³/mol. The topological polar surface area (TPSA) is 140 Å². The van der Waals surface area contributed by atoms with E-state index in [1.807, 2.05) is 6.07 Å². The zero-order chi connectivity index (χ0) is 20.3. The summed E-state index contributed by atoms with van der Waals surface area (Å²) >= 11 is 1.25. The number of hydrogen-bond acceptors (Lipinski definition) is 8. The first-order chi connectivity index (χ1) is 13.5. The molecule has 3 aromatic rings. The van der Waals surface area contributed by atoms with Crippen molar-refractivity contribution in [2.24, 2.45) is 0 Å². The number of nitriles is 1. The number of ether oxygens (including phenoxy) is 1. The SMILES string of the molecule is COc1ccc(-c2nc(SC)[nH]c(=O)c2C#N)cc1Cn1ccc([N+](=O)[O-])n1. The Bertz CT molecular complexity index is 1150. The van der Waals surface area contributed by atoms with Gasteiger partial charge in [0.25, 0.3) is 5.56 Å². The summed E-state index contributed by atoms with van der Waals surface area (Å²) in [6.07, 6.45) is 3.25. The number of H-pyrrole nitrogens is 1. The molecule has 0 unspecified atom stereocenters. The van der Waals surface area contributed by atoms with Gasteiger partial charge in [0.1, 0.15) is 17.4 Å². The van der Waals surface area contributed by atoms with E-state index in [-0.39, 0.29) is 23.6 Å². The quantitative estimate of drug-likeness (QED) is 0.288. The van der Waals surface area contributed by atoms with E-state index < -0.39 is 10.5 Å². The van der Waals surface area contributed by atoms with Crippen LogP contribution in [0.1, 0.15) is 11.1 Å². The smallest absolute Gasteiger partial charge is 0.389 e. The van der Waals surface area contributed by atoms with E-state index in [9.17, 15) is 20.2 Å². The molecule has 0 saturated heterocycles. The van der Waals surface area contributed by atoms with Crippen LogP contribution in [-0.2, 0) is 6.54 Å². The average molecular weight is 398 g/mol. The number of aromatic nitrogens is 4. The molecule has 0 amide bonds. The predicted octanol–water partition coefficient (Wildman–Crippen LogP) is 2.19. The molecule has 0 bridgehead atoms. The highest BCUT2D eigenvalue weighted by molar-refractivity contribution is 7.98. The van der Waals surface area contributed by atoms with Crippen LogP contribution in [0.15, 0.2) is 40.4 Å². The number of benzene rings is 1. The molecule has 0 aliphatic rings. The van der Waals surface area contributed by atoms with Gasteiger partial charge in [-0.15, -0.1) is 0 Å². The molecule has 1 aromatic carbocycles. The van der Waals surface area contributed by atoms with E-state index in [1.54, 1.807) is 24.5 Å². The fourth-order valence-electron chi connectivity index (χ4n) is 2.62. The molecular formula is C17H14N6O4S. The Morgan fingerprint density at radius 3 is 2.82 bits per heavy atom. The molecule has 0 aliphatic heterocycles. The number of aromatic amines is 1. The van der Waals surface area contributed by atoms with Gasteiger partial charge in [0.2, 0.25) is 0 Å². The maximum atomic E-state index is 12.2. The van der Waals surface area contributed by atoms with E-state index in [0.29, 0.717) is 22.0 Å². The van der Waals surface area contributed by atoms with Gasteiger partial charge in [-0.05, 0) is 29.4 Å². The van der Waals surface area contributed by atoms with Gasteiger partial charge in [-0.2, -0.15) is 9.94 Å². The van der Waals surface area contributed by atoms with Crippen LogP contribution in [0.5, 0.6) is 5.75 Å². The standard InChI is InChI=1S/C17H14N6O4S/c1-27-13-4-3-10(15-12(8-18)16(24)20-17(19-15)28-2)7-11(13)9-22-6-5-14(21-22)23(25)26/h3-7H,9H2,1-2H3,(H,19,20,24). The van der Waals surface area contributed by atoms with Crippen molar-refractivity contribution < 1.29 is 9.66 Å². The molecule has 10 nitrogen and oxygen atoms in total. The zero-order valence-corrected chi connectivity index (χ0v) is 15.7. The Morgan fingerprint density at radius 2 is 2.21 bits per heavy atom. The second-order valence-corrected chi connectivity index (χ2v) is 6.36. The summed E-state index contributed by atoms with van der Waals surface area (Å²) in [7, 11) is 1.50. The molecule has 28 heavy (non-hydrogen) atoms. The van der Waals surface area contributed by atoms with Crippen LogP contribution in [0.2, 0.25) is 0 Å². The third kappa shape index (κ3) is 3.72. The lowest BCUT2D eigenvalue weighted by molar-refractivity contribution is -0.389. The van der Waals surface area contributed by atoms with Crippen LogP contribution >= 0.6 is 11.8 Å². The fraction of sp³-hybridized carbons (Fsp3) is 0.176. The first-order valence-electron chi connectivity index (χ1n) is 7.90. The third-order valence-corrected chi connectivity index (χ3v) is 4.48. The van der Waals surface area contributed by atoms with Crippen LogP contribution in [0.4, 0.5) is 5.82 Å². The summed E-state index contributed by atoms with van der Waals surface area (Å²) in [5.74, 6) is 0.276. The van der Waals surface area contributed by atoms with Crippen LogP contribution in [-0.4, -0.2) is 38.0 Å². The molecule has 0 spiro atoms. The van der Waals surface area contributed by atoms with Crippen LogP contribution in [0.3, 0.4) is 0 Å². The monoisotopic (exact) mass is 398 g/mol. The van der Waals surface area contributed by atoms with E-state index in [0.717, 1.165) is 0 Å². The number of nitrogens with one attached hydrogen (secondary N) is 1. The highest BCUT2D eigenvalue weighted by atomic mass is 32.2. The molecule has 142 valence electrons.